The van der Waals surface area contributed by atoms with Crippen LogP contribution in [0.4, 0.5) is 0 Å². The van der Waals surface area contributed by atoms with E-state index >= 15 is 0 Å². The summed E-state index contributed by atoms with van der Waals surface area (Å²) in [4.78, 5) is 15.8. The maximum Gasteiger partial charge on any atom is 0.374 e. The molecule has 0 fully saturated rings. The average molecular weight is 315 g/mol. The molecule has 0 saturated carbocycles. The third kappa shape index (κ3) is 3.04. The summed E-state index contributed by atoms with van der Waals surface area (Å²) in [5, 5.41) is 5.02. The lowest BCUT2D eigenvalue weighted by Gasteiger charge is -1.99. The second kappa shape index (κ2) is 6.48. The topological polar surface area (TPSA) is 70.2 Å². The van der Waals surface area contributed by atoms with E-state index in [9.17, 15) is 4.79 Å². The molecule has 0 amide bonds. The van der Waals surface area contributed by atoms with E-state index in [2.05, 4.69) is 14.8 Å². The van der Waals surface area contributed by atoms with E-state index in [1.807, 2.05) is 30.3 Å². The summed E-state index contributed by atoms with van der Waals surface area (Å²) in [6.07, 6.45) is 3.13. The summed E-state index contributed by atoms with van der Waals surface area (Å²) in [5.41, 5.74) is 1.70. The Labute approximate surface area is 131 Å². The molecule has 1 aromatic carbocycles. The molecule has 112 valence electrons. The van der Waals surface area contributed by atoms with E-state index in [-0.39, 0.29) is 5.76 Å². The third-order valence-electron chi connectivity index (χ3n) is 2.97. The number of thioether (sulfide) groups is 1. The average Bonchev–Trinajstić information content (AvgIpc) is 3.22. The summed E-state index contributed by atoms with van der Waals surface area (Å²) in [6, 6.07) is 11.5. The van der Waals surface area contributed by atoms with E-state index < -0.39 is 5.97 Å². The van der Waals surface area contributed by atoms with Crippen molar-refractivity contribution in [1.82, 2.24) is 14.8 Å². The second-order valence-electron chi connectivity index (χ2n) is 4.36. The maximum absolute atomic E-state index is 11.5. The number of ether oxygens (including phenoxy) is 1. The summed E-state index contributed by atoms with van der Waals surface area (Å²) in [7, 11) is 1.32. The molecule has 2 heterocycles. The molecule has 0 unspecified atom stereocenters. The van der Waals surface area contributed by atoms with Crippen LogP contribution in [0.3, 0.4) is 0 Å². The molecule has 0 spiro atoms. The molecule has 0 aliphatic rings. The Hall–Kier alpha value is -2.54. The second-order valence-corrected chi connectivity index (χ2v) is 5.30. The van der Waals surface area contributed by atoms with Crippen LogP contribution in [0.2, 0.25) is 0 Å². The number of methoxy groups -OCH3 is 1. The lowest BCUT2D eigenvalue weighted by atomic mass is 10.3. The number of aromatic nitrogens is 3. The number of esters is 1. The van der Waals surface area contributed by atoms with E-state index in [1.54, 1.807) is 17.1 Å². The number of rotatable bonds is 5. The normalized spacial score (nSPS) is 10.6. The highest BCUT2D eigenvalue weighted by molar-refractivity contribution is 7.98. The smallest absolute Gasteiger partial charge is 0.374 e. The number of hydrogen-bond acceptors (Lipinski definition) is 6. The molecule has 0 saturated heterocycles. The minimum absolute atomic E-state index is 0.220. The van der Waals surface area contributed by atoms with Gasteiger partial charge in [-0.15, -0.1) is 5.10 Å². The van der Waals surface area contributed by atoms with E-state index in [4.69, 9.17) is 4.42 Å². The van der Waals surface area contributed by atoms with Crippen LogP contribution in [0.1, 0.15) is 16.1 Å². The van der Waals surface area contributed by atoms with Gasteiger partial charge in [-0.25, -0.2) is 14.5 Å². The van der Waals surface area contributed by atoms with Crippen molar-refractivity contribution in [3.8, 4) is 5.69 Å². The molecule has 0 bridgehead atoms. The van der Waals surface area contributed by atoms with E-state index in [0.29, 0.717) is 10.9 Å². The molecule has 0 N–H and O–H groups in total. The highest BCUT2D eigenvalue weighted by atomic mass is 32.2. The largest absolute Gasteiger partial charge is 0.463 e. The fraction of sp³-hybridized carbons (Fsp3) is 0.133. The number of carbonyl (C=O) groups is 1. The van der Waals surface area contributed by atoms with Gasteiger partial charge in [0.1, 0.15) is 6.33 Å². The first kappa shape index (κ1) is 14.4. The zero-order valence-electron chi connectivity index (χ0n) is 11.8. The van der Waals surface area contributed by atoms with Gasteiger partial charge >= 0.3 is 5.97 Å². The van der Waals surface area contributed by atoms with Crippen molar-refractivity contribution in [2.24, 2.45) is 0 Å². The molecule has 2 aromatic heterocycles. The SMILES string of the molecule is COC(=O)c1occc1CSc1ncn(-c2ccccc2)n1. The van der Waals surface area contributed by atoms with E-state index in [1.165, 1.54) is 25.1 Å². The highest BCUT2D eigenvalue weighted by Crippen LogP contribution is 2.23. The van der Waals surface area contributed by atoms with Crippen LogP contribution >= 0.6 is 11.8 Å². The van der Waals surface area contributed by atoms with Gasteiger partial charge in [0.25, 0.3) is 0 Å². The molecular formula is C15H13N3O3S. The molecule has 6 nitrogen and oxygen atoms in total. The summed E-state index contributed by atoms with van der Waals surface area (Å²) in [6.45, 7) is 0. The van der Waals surface area contributed by atoms with Gasteiger partial charge in [-0.05, 0) is 18.2 Å². The molecule has 0 atom stereocenters. The van der Waals surface area contributed by atoms with Gasteiger partial charge in [-0.2, -0.15) is 0 Å². The maximum atomic E-state index is 11.5. The number of hydrogen-bond donors (Lipinski definition) is 0. The number of nitrogens with zero attached hydrogens (tertiary/aromatic N) is 3. The van der Waals surface area contributed by atoms with Gasteiger partial charge in [0.2, 0.25) is 10.9 Å². The number of furan rings is 1. The zero-order valence-corrected chi connectivity index (χ0v) is 12.6. The number of carbonyl (C=O) groups excluding carboxylic acids is 1. The minimum atomic E-state index is -0.483. The molecule has 3 rings (SSSR count). The molecule has 22 heavy (non-hydrogen) atoms. The van der Waals surface area contributed by atoms with Gasteiger partial charge in [0.15, 0.2) is 0 Å². The van der Waals surface area contributed by atoms with Crippen LogP contribution in [0, 0.1) is 0 Å². The fourth-order valence-corrected chi connectivity index (χ4v) is 2.66. The summed E-state index contributed by atoms with van der Waals surface area (Å²) < 4.78 is 11.5. The van der Waals surface area contributed by atoms with Crippen molar-refractivity contribution in [1.29, 1.82) is 0 Å². The van der Waals surface area contributed by atoms with E-state index in [0.717, 1.165) is 11.3 Å². The lowest BCUT2D eigenvalue weighted by molar-refractivity contribution is 0.0564. The Morgan fingerprint density at radius 3 is 2.91 bits per heavy atom. The third-order valence-corrected chi connectivity index (χ3v) is 3.87. The number of benzene rings is 1. The van der Waals surface area contributed by atoms with Crippen molar-refractivity contribution >= 4 is 17.7 Å². The first-order chi connectivity index (χ1) is 10.8. The molecule has 0 aliphatic heterocycles. The predicted octanol–water partition coefficient (Wildman–Crippen LogP) is 2.94. The van der Waals surface area contributed by atoms with Crippen LogP contribution in [0.25, 0.3) is 5.69 Å². The van der Waals surface area contributed by atoms with Gasteiger partial charge < -0.3 is 9.15 Å². The zero-order chi connectivity index (χ0) is 15.4. The van der Waals surface area contributed by atoms with Crippen molar-refractivity contribution in [2.45, 2.75) is 10.9 Å². The van der Waals surface area contributed by atoms with Gasteiger partial charge in [0.05, 0.1) is 19.1 Å². The molecule has 7 heteroatoms. The van der Waals surface area contributed by atoms with Gasteiger partial charge in [0, 0.05) is 11.3 Å². The first-order valence-corrected chi connectivity index (χ1v) is 7.51. The molecule has 0 radical (unpaired) electrons. The van der Waals surface area contributed by atoms with Crippen molar-refractivity contribution in [2.75, 3.05) is 7.11 Å². The number of para-hydroxylation sites is 1. The predicted molar refractivity (Wildman–Crippen MR) is 81.0 cm³/mol. The van der Waals surface area contributed by atoms with Crippen LogP contribution in [-0.2, 0) is 10.5 Å². The van der Waals surface area contributed by atoms with Gasteiger partial charge in [-0.3, -0.25) is 0 Å². The molecule has 0 aliphatic carbocycles. The Balaban J connectivity index is 1.69. The van der Waals surface area contributed by atoms with Gasteiger partial charge in [-0.1, -0.05) is 30.0 Å². The Bertz CT molecular complexity index is 767. The van der Waals surface area contributed by atoms with Crippen LogP contribution in [-0.4, -0.2) is 27.8 Å². The summed E-state index contributed by atoms with van der Waals surface area (Å²) >= 11 is 1.42. The fourth-order valence-electron chi connectivity index (χ4n) is 1.88. The standard InChI is InChI=1S/C15H13N3O3S/c1-20-14(19)13-11(7-8-21-13)9-22-15-16-10-18(17-15)12-5-3-2-4-6-12/h2-8,10H,9H2,1H3. The lowest BCUT2D eigenvalue weighted by Crippen LogP contribution is -2.02. The first-order valence-electron chi connectivity index (χ1n) is 6.52. The van der Waals surface area contributed by atoms with Crippen LogP contribution in [0.5, 0.6) is 0 Å². The van der Waals surface area contributed by atoms with Crippen molar-refractivity contribution in [3.63, 3.8) is 0 Å². The Kier molecular flexibility index (Phi) is 4.24. The highest BCUT2D eigenvalue weighted by Gasteiger charge is 2.16. The van der Waals surface area contributed by atoms with Crippen LogP contribution < -0.4 is 0 Å². The summed E-state index contributed by atoms with van der Waals surface area (Å²) in [5.74, 6) is 0.264. The molecule has 3 aromatic rings. The van der Waals surface area contributed by atoms with Crippen LogP contribution in [0.15, 0.2) is 58.6 Å². The Morgan fingerprint density at radius 2 is 2.14 bits per heavy atom. The minimum Gasteiger partial charge on any atom is -0.463 e. The molecular weight excluding hydrogens is 302 g/mol. The quantitative estimate of drug-likeness (QED) is 0.532. The monoisotopic (exact) mass is 315 g/mol. The Morgan fingerprint density at radius 1 is 1.32 bits per heavy atom. The van der Waals surface area contributed by atoms with Crippen molar-refractivity contribution < 1.29 is 13.9 Å². The van der Waals surface area contributed by atoms with Crippen molar-refractivity contribution in [3.05, 3.63) is 60.3 Å².